The van der Waals surface area contributed by atoms with Gasteiger partial charge in [0.2, 0.25) is 0 Å². The van der Waals surface area contributed by atoms with Crippen LogP contribution in [0.15, 0.2) is 42.6 Å². The van der Waals surface area contributed by atoms with Crippen LogP contribution in [0.25, 0.3) is 0 Å². The number of piperazine rings is 1. The van der Waals surface area contributed by atoms with Gasteiger partial charge in [0.25, 0.3) is 5.91 Å². The molecule has 0 saturated carbocycles. The van der Waals surface area contributed by atoms with Crippen molar-refractivity contribution >= 4 is 35.0 Å². The Hall–Kier alpha value is -2.64. The summed E-state index contributed by atoms with van der Waals surface area (Å²) >= 11 is 5.93. The number of carbonyl (C=O) groups excluding carboxylic acids is 2. The molecule has 1 aliphatic rings. The number of carbonyl (C=O) groups is 2. The van der Waals surface area contributed by atoms with Gasteiger partial charge in [0.1, 0.15) is 5.82 Å². The monoisotopic (exact) mass is 388 g/mol. The van der Waals surface area contributed by atoms with Gasteiger partial charge in [-0.2, -0.15) is 0 Å². The SMILES string of the molecule is COC(=O)CN1CCN(c2ccc(C(=O)Nc3cccc(Cl)c3)cn2)CC1. The lowest BCUT2D eigenvalue weighted by Gasteiger charge is -2.34. The first-order valence-electron chi connectivity index (χ1n) is 8.62. The fourth-order valence-corrected chi connectivity index (χ4v) is 3.05. The van der Waals surface area contributed by atoms with Gasteiger partial charge in [-0.3, -0.25) is 14.5 Å². The van der Waals surface area contributed by atoms with E-state index in [1.54, 1.807) is 36.5 Å². The molecule has 3 rings (SSSR count). The number of methoxy groups -OCH3 is 1. The van der Waals surface area contributed by atoms with Crippen LogP contribution in [0.5, 0.6) is 0 Å². The molecule has 1 aliphatic heterocycles. The fourth-order valence-electron chi connectivity index (χ4n) is 2.86. The Kier molecular flexibility index (Phi) is 6.26. The van der Waals surface area contributed by atoms with Crippen molar-refractivity contribution in [3.8, 4) is 0 Å². The topological polar surface area (TPSA) is 74.8 Å². The van der Waals surface area contributed by atoms with Crippen molar-refractivity contribution in [3.63, 3.8) is 0 Å². The molecule has 0 radical (unpaired) electrons. The molecular weight excluding hydrogens is 368 g/mol. The molecule has 1 N–H and O–H groups in total. The average Bonchev–Trinajstić information content (AvgIpc) is 2.68. The summed E-state index contributed by atoms with van der Waals surface area (Å²) in [6, 6.07) is 10.6. The third-order valence-corrected chi connectivity index (χ3v) is 4.60. The molecule has 2 aromatic rings. The maximum Gasteiger partial charge on any atom is 0.319 e. The highest BCUT2D eigenvalue weighted by atomic mass is 35.5. The summed E-state index contributed by atoms with van der Waals surface area (Å²) in [4.78, 5) is 32.3. The molecule has 0 atom stereocenters. The summed E-state index contributed by atoms with van der Waals surface area (Å²) in [6.07, 6.45) is 1.57. The van der Waals surface area contributed by atoms with E-state index < -0.39 is 0 Å². The number of halogens is 1. The van der Waals surface area contributed by atoms with E-state index in [1.165, 1.54) is 7.11 Å². The molecule has 7 nitrogen and oxygen atoms in total. The van der Waals surface area contributed by atoms with Gasteiger partial charge < -0.3 is 15.0 Å². The molecule has 8 heteroatoms. The number of anilines is 2. The second-order valence-electron chi connectivity index (χ2n) is 6.21. The Morgan fingerprint density at radius 3 is 2.59 bits per heavy atom. The van der Waals surface area contributed by atoms with E-state index in [0.29, 0.717) is 22.8 Å². The number of ether oxygens (including phenoxy) is 1. The van der Waals surface area contributed by atoms with E-state index in [9.17, 15) is 9.59 Å². The van der Waals surface area contributed by atoms with E-state index in [1.807, 2.05) is 6.07 Å². The standard InChI is InChI=1S/C19H21ClN4O3/c1-27-18(25)13-23-7-9-24(10-8-23)17-6-5-14(12-21-17)19(26)22-16-4-2-3-15(20)11-16/h2-6,11-12H,7-10,13H2,1H3,(H,22,26). The van der Waals surface area contributed by atoms with Crippen molar-refractivity contribution in [2.24, 2.45) is 0 Å². The first kappa shape index (κ1) is 19.1. The molecule has 0 bridgehead atoms. The largest absolute Gasteiger partial charge is 0.468 e. The molecule has 1 saturated heterocycles. The second kappa shape index (κ2) is 8.83. The lowest BCUT2D eigenvalue weighted by atomic mass is 10.2. The third kappa shape index (κ3) is 5.18. The third-order valence-electron chi connectivity index (χ3n) is 4.37. The van der Waals surface area contributed by atoms with Gasteiger partial charge in [-0.25, -0.2) is 4.98 Å². The van der Waals surface area contributed by atoms with Crippen molar-refractivity contribution in [1.29, 1.82) is 0 Å². The lowest BCUT2D eigenvalue weighted by molar-refractivity contribution is -0.142. The molecule has 2 heterocycles. The van der Waals surface area contributed by atoms with Crippen LogP contribution in [-0.2, 0) is 9.53 Å². The molecule has 0 spiro atoms. The number of hydrogen-bond acceptors (Lipinski definition) is 6. The summed E-state index contributed by atoms with van der Waals surface area (Å²) in [5.74, 6) is 0.350. The zero-order chi connectivity index (χ0) is 19.2. The van der Waals surface area contributed by atoms with Gasteiger partial charge in [0.15, 0.2) is 0 Å². The summed E-state index contributed by atoms with van der Waals surface area (Å²) in [6.45, 7) is 3.35. The van der Waals surface area contributed by atoms with Crippen molar-refractivity contribution in [2.45, 2.75) is 0 Å². The van der Waals surface area contributed by atoms with Crippen LogP contribution < -0.4 is 10.2 Å². The number of esters is 1. The first-order valence-corrected chi connectivity index (χ1v) is 9.00. The zero-order valence-corrected chi connectivity index (χ0v) is 15.8. The first-order chi connectivity index (χ1) is 13.0. The van der Waals surface area contributed by atoms with Crippen LogP contribution in [0.4, 0.5) is 11.5 Å². The highest BCUT2D eigenvalue weighted by Gasteiger charge is 2.20. The minimum absolute atomic E-state index is 0.225. The molecule has 1 aromatic heterocycles. The van der Waals surface area contributed by atoms with Crippen LogP contribution in [0, 0.1) is 0 Å². The van der Waals surface area contributed by atoms with Crippen LogP contribution >= 0.6 is 11.6 Å². The smallest absolute Gasteiger partial charge is 0.319 e. The Balaban J connectivity index is 1.56. The van der Waals surface area contributed by atoms with Crippen molar-refractivity contribution < 1.29 is 14.3 Å². The normalized spacial score (nSPS) is 14.7. The average molecular weight is 389 g/mol. The van der Waals surface area contributed by atoms with Gasteiger partial charge in [-0.15, -0.1) is 0 Å². The fraction of sp³-hybridized carbons (Fsp3) is 0.316. The van der Waals surface area contributed by atoms with E-state index in [4.69, 9.17) is 16.3 Å². The number of nitrogens with one attached hydrogen (secondary N) is 1. The van der Waals surface area contributed by atoms with Gasteiger partial charge in [-0.1, -0.05) is 17.7 Å². The van der Waals surface area contributed by atoms with E-state index in [-0.39, 0.29) is 11.9 Å². The summed E-state index contributed by atoms with van der Waals surface area (Å²) in [5.41, 5.74) is 1.11. The number of rotatable bonds is 5. The molecule has 1 amide bonds. The quantitative estimate of drug-likeness (QED) is 0.792. The van der Waals surface area contributed by atoms with Crippen LogP contribution in [0.1, 0.15) is 10.4 Å². The highest BCUT2D eigenvalue weighted by molar-refractivity contribution is 6.30. The number of nitrogens with zero attached hydrogens (tertiary/aromatic N) is 3. The molecule has 0 unspecified atom stereocenters. The number of hydrogen-bond donors (Lipinski definition) is 1. The zero-order valence-electron chi connectivity index (χ0n) is 15.0. The summed E-state index contributed by atoms with van der Waals surface area (Å²) in [5, 5.41) is 3.36. The second-order valence-corrected chi connectivity index (χ2v) is 6.65. The predicted octanol–water partition coefficient (Wildman–Crippen LogP) is 2.28. The highest BCUT2D eigenvalue weighted by Crippen LogP contribution is 2.17. The number of pyridine rings is 1. The molecule has 1 aromatic carbocycles. The maximum atomic E-state index is 12.3. The molecular formula is C19H21ClN4O3. The number of amides is 1. The van der Waals surface area contributed by atoms with E-state index >= 15 is 0 Å². The molecule has 0 aliphatic carbocycles. The lowest BCUT2D eigenvalue weighted by Crippen LogP contribution is -2.48. The van der Waals surface area contributed by atoms with Crippen LogP contribution in [0.2, 0.25) is 5.02 Å². The Bertz CT molecular complexity index is 805. The van der Waals surface area contributed by atoms with Crippen LogP contribution in [0.3, 0.4) is 0 Å². The maximum absolute atomic E-state index is 12.3. The number of aromatic nitrogens is 1. The Labute approximate surface area is 162 Å². The summed E-state index contributed by atoms with van der Waals surface area (Å²) < 4.78 is 4.70. The van der Waals surface area contributed by atoms with E-state index in [2.05, 4.69) is 20.1 Å². The van der Waals surface area contributed by atoms with Gasteiger partial charge >= 0.3 is 5.97 Å². The molecule has 1 fully saturated rings. The van der Waals surface area contributed by atoms with Crippen molar-refractivity contribution in [1.82, 2.24) is 9.88 Å². The van der Waals surface area contributed by atoms with Gasteiger partial charge in [0.05, 0.1) is 19.2 Å². The van der Waals surface area contributed by atoms with Crippen LogP contribution in [-0.4, -0.2) is 61.6 Å². The van der Waals surface area contributed by atoms with Crippen molar-refractivity contribution in [3.05, 3.63) is 53.2 Å². The van der Waals surface area contributed by atoms with E-state index in [0.717, 1.165) is 32.0 Å². The minimum atomic E-state index is -0.237. The molecule has 142 valence electrons. The Morgan fingerprint density at radius 2 is 1.96 bits per heavy atom. The molecule has 27 heavy (non-hydrogen) atoms. The van der Waals surface area contributed by atoms with Gasteiger partial charge in [0, 0.05) is 43.1 Å². The van der Waals surface area contributed by atoms with Crippen molar-refractivity contribution in [2.75, 3.05) is 50.1 Å². The predicted molar refractivity (Wildman–Crippen MR) is 104 cm³/mol. The number of benzene rings is 1. The van der Waals surface area contributed by atoms with Gasteiger partial charge in [-0.05, 0) is 30.3 Å². The Morgan fingerprint density at radius 1 is 1.19 bits per heavy atom. The summed E-state index contributed by atoms with van der Waals surface area (Å²) in [7, 11) is 1.40. The minimum Gasteiger partial charge on any atom is -0.468 e.